The number of carbonyl (C=O) groups excluding carboxylic acids is 1. The molecule has 7 nitrogen and oxygen atoms in total. The van der Waals surface area contributed by atoms with Gasteiger partial charge in [-0.05, 0) is 18.6 Å². The van der Waals surface area contributed by atoms with E-state index in [0.717, 1.165) is 0 Å². The average molecular weight is 285 g/mol. The van der Waals surface area contributed by atoms with E-state index in [-0.39, 0.29) is 22.8 Å². The molecule has 1 fully saturated rings. The Morgan fingerprint density at radius 1 is 1.32 bits per heavy atom. The van der Waals surface area contributed by atoms with E-state index < -0.39 is 26.8 Å². The van der Waals surface area contributed by atoms with Gasteiger partial charge in [-0.15, -0.1) is 0 Å². The van der Waals surface area contributed by atoms with Crippen molar-refractivity contribution in [3.8, 4) is 0 Å². The first-order valence-corrected chi connectivity index (χ1v) is 7.35. The molecule has 0 aromatic heterocycles. The zero-order valence-electron chi connectivity index (χ0n) is 9.81. The Balaban J connectivity index is 2.02. The lowest BCUT2D eigenvalue weighted by molar-refractivity contribution is -0.384. The number of ether oxygens (including phenoxy) is 1. The lowest BCUT2D eigenvalue weighted by Gasteiger charge is -2.09. The summed E-state index contributed by atoms with van der Waals surface area (Å²) in [5.41, 5.74) is 0.0369. The highest BCUT2D eigenvalue weighted by molar-refractivity contribution is 7.91. The molecule has 1 atom stereocenters. The largest absolute Gasteiger partial charge is 0.458 e. The summed E-state index contributed by atoms with van der Waals surface area (Å²) in [6, 6.07) is 4.96. The number of rotatable bonds is 3. The Kier molecular flexibility index (Phi) is 3.52. The van der Waals surface area contributed by atoms with Crippen LogP contribution in [0.4, 0.5) is 5.69 Å². The minimum atomic E-state index is -3.11. The SMILES string of the molecule is O=C(OC1CCS(=O)(=O)C1)c1ccc([N+](=O)[O-])cc1. The molecule has 0 saturated carbocycles. The van der Waals surface area contributed by atoms with Crippen molar-refractivity contribution in [3.63, 3.8) is 0 Å². The van der Waals surface area contributed by atoms with Crippen LogP contribution in [-0.4, -0.2) is 36.9 Å². The van der Waals surface area contributed by atoms with Crippen molar-refractivity contribution in [1.29, 1.82) is 0 Å². The van der Waals surface area contributed by atoms with E-state index in [0.29, 0.717) is 6.42 Å². The number of nitro groups is 1. The van der Waals surface area contributed by atoms with Crippen LogP contribution in [0.1, 0.15) is 16.8 Å². The van der Waals surface area contributed by atoms with E-state index in [9.17, 15) is 23.3 Å². The maximum absolute atomic E-state index is 11.7. The van der Waals surface area contributed by atoms with Gasteiger partial charge in [-0.2, -0.15) is 0 Å². The number of esters is 1. The van der Waals surface area contributed by atoms with Gasteiger partial charge < -0.3 is 4.74 Å². The molecular weight excluding hydrogens is 274 g/mol. The molecule has 1 heterocycles. The van der Waals surface area contributed by atoms with Crippen molar-refractivity contribution in [2.24, 2.45) is 0 Å². The molecular formula is C11H11NO6S. The fourth-order valence-corrected chi connectivity index (χ4v) is 3.38. The van der Waals surface area contributed by atoms with Crippen molar-refractivity contribution in [3.05, 3.63) is 39.9 Å². The number of hydrogen-bond donors (Lipinski definition) is 0. The van der Waals surface area contributed by atoms with Gasteiger partial charge in [0.1, 0.15) is 6.10 Å². The molecule has 0 radical (unpaired) electrons. The number of benzene rings is 1. The summed E-state index contributed by atoms with van der Waals surface area (Å²) < 4.78 is 27.5. The molecule has 0 N–H and O–H groups in total. The fourth-order valence-electron chi connectivity index (χ4n) is 1.79. The zero-order chi connectivity index (χ0) is 14.0. The number of non-ortho nitro benzene ring substituents is 1. The Morgan fingerprint density at radius 3 is 2.42 bits per heavy atom. The van der Waals surface area contributed by atoms with Crippen LogP contribution in [0.15, 0.2) is 24.3 Å². The number of sulfone groups is 1. The first kappa shape index (κ1) is 13.5. The number of hydrogen-bond acceptors (Lipinski definition) is 6. The van der Waals surface area contributed by atoms with Gasteiger partial charge in [0.2, 0.25) is 0 Å². The number of nitrogens with zero attached hydrogens (tertiary/aromatic N) is 1. The summed E-state index contributed by atoms with van der Waals surface area (Å²) in [5.74, 6) is -0.811. The Morgan fingerprint density at radius 2 is 1.95 bits per heavy atom. The monoisotopic (exact) mass is 285 g/mol. The zero-order valence-corrected chi connectivity index (χ0v) is 10.6. The molecule has 102 valence electrons. The number of carbonyl (C=O) groups is 1. The van der Waals surface area contributed by atoms with Crippen LogP contribution in [0.3, 0.4) is 0 Å². The molecule has 1 aliphatic heterocycles. The van der Waals surface area contributed by atoms with Gasteiger partial charge in [0.25, 0.3) is 5.69 Å². The molecule has 0 amide bonds. The van der Waals surface area contributed by atoms with Gasteiger partial charge in [0.05, 0.1) is 22.0 Å². The molecule has 1 aliphatic rings. The third-order valence-corrected chi connectivity index (χ3v) is 4.52. The molecule has 1 saturated heterocycles. The van der Waals surface area contributed by atoms with Gasteiger partial charge in [0.15, 0.2) is 9.84 Å². The fraction of sp³-hybridized carbons (Fsp3) is 0.364. The van der Waals surface area contributed by atoms with Crippen LogP contribution in [-0.2, 0) is 14.6 Å². The van der Waals surface area contributed by atoms with Crippen LogP contribution < -0.4 is 0 Å². The van der Waals surface area contributed by atoms with Gasteiger partial charge in [0, 0.05) is 12.1 Å². The highest BCUT2D eigenvalue weighted by Gasteiger charge is 2.30. The normalized spacial score (nSPS) is 20.9. The highest BCUT2D eigenvalue weighted by atomic mass is 32.2. The van der Waals surface area contributed by atoms with Gasteiger partial charge in [-0.3, -0.25) is 10.1 Å². The lowest BCUT2D eigenvalue weighted by Crippen LogP contribution is -2.19. The van der Waals surface area contributed by atoms with E-state index in [2.05, 4.69) is 0 Å². The lowest BCUT2D eigenvalue weighted by atomic mass is 10.2. The summed E-state index contributed by atoms with van der Waals surface area (Å²) in [7, 11) is -3.11. The second-order valence-corrected chi connectivity index (χ2v) is 6.46. The van der Waals surface area contributed by atoms with E-state index >= 15 is 0 Å². The highest BCUT2D eigenvalue weighted by Crippen LogP contribution is 2.18. The summed E-state index contributed by atoms with van der Waals surface area (Å²) in [5, 5.41) is 10.5. The van der Waals surface area contributed by atoms with E-state index in [4.69, 9.17) is 4.74 Å². The van der Waals surface area contributed by atoms with Gasteiger partial charge >= 0.3 is 5.97 Å². The minimum absolute atomic E-state index is 0.0191. The molecule has 0 spiro atoms. The van der Waals surface area contributed by atoms with Gasteiger partial charge in [-0.25, -0.2) is 13.2 Å². The molecule has 2 rings (SSSR count). The van der Waals surface area contributed by atoms with Gasteiger partial charge in [-0.1, -0.05) is 0 Å². The quantitative estimate of drug-likeness (QED) is 0.465. The smallest absolute Gasteiger partial charge is 0.338 e. The maximum atomic E-state index is 11.7. The molecule has 1 aromatic carbocycles. The Bertz CT molecular complexity index is 607. The van der Waals surface area contributed by atoms with Crippen molar-refractivity contribution in [1.82, 2.24) is 0 Å². The molecule has 0 aliphatic carbocycles. The minimum Gasteiger partial charge on any atom is -0.458 e. The van der Waals surface area contributed by atoms with Crippen molar-refractivity contribution < 1.29 is 22.9 Å². The summed E-state index contributed by atoms with van der Waals surface area (Å²) in [6.45, 7) is 0. The van der Waals surface area contributed by atoms with Crippen LogP contribution in [0.5, 0.6) is 0 Å². The Labute approximate surface area is 109 Å². The maximum Gasteiger partial charge on any atom is 0.338 e. The van der Waals surface area contributed by atoms with E-state index in [1.165, 1.54) is 24.3 Å². The predicted octanol–water partition coefficient (Wildman–Crippen LogP) is 0.939. The molecule has 19 heavy (non-hydrogen) atoms. The summed E-state index contributed by atoms with van der Waals surface area (Å²) >= 11 is 0. The Hall–Kier alpha value is -1.96. The standard InChI is InChI=1S/C11H11NO6S/c13-11(18-10-5-6-19(16,17)7-10)8-1-3-9(4-2-8)12(14)15/h1-4,10H,5-7H2. The van der Waals surface area contributed by atoms with Crippen LogP contribution >= 0.6 is 0 Å². The summed E-state index contributed by atoms with van der Waals surface area (Å²) in [4.78, 5) is 21.6. The van der Waals surface area contributed by atoms with Crippen molar-refractivity contribution in [2.75, 3.05) is 11.5 Å². The third-order valence-electron chi connectivity index (χ3n) is 2.78. The average Bonchev–Trinajstić information content (AvgIpc) is 2.68. The molecule has 8 heteroatoms. The summed E-state index contributed by atoms with van der Waals surface area (Å²) in [6.07, 6.45) is -0.339. The predicted molar refractivity (Wildman–Crippen MR) is 65.6 cm³/mol. The molecule has 1 aromatic rings. The van der Waals surface area contributed by atoms with Crippen LogP contribution in [0, 0.1) is 10.1 Å². The molecule has 1 unspecified atom stereocenters. The van der Waals surface area contributed by atoms with Crippen molar-refractivity contribution >= 4 is 21.5 Å². The number of nitro benzene ring substituents is 1. The molecule has 0 bridgehead atoms. The van der Waals surface area contributed by atoms with Crippen molar-refractivity contribution in [2.45, 2.75) is 12.5 Å². The first-order valence-electron chi connectivity index (χ1n) is 5.53. The van der Waals surface area contributed by atoms with E-state index in [1.54, 1.807) is 0 Å². The van der Waals surface area contributed by atoms with E-state index in [1.807, 2.05) is 0 Å². The third kappa shape index (κ3) is 3.28. The first-order chi connectivity index (χ1) is 8.87. The van der Waals surface area contributed by atoms with Crippen LogP contribution in [0.2, 0.25) is 0 Å². The topological polar surface area (TPSA) is 104 Å². The second-order valence-electron chi connectivity index (χ2n) is 4.23. The second kappa shape index (κ2) is 4.96. The van der Waals surface area contributed by atoms with Crippen LogP contribution in [0.25, 0.3) is 0 Å².